The Kier molecular flexibility index (Phi) is 7.88. The SMILES string of the molecule is O=C(O)CSCCNC(=O)C1CCC(NC(=O)C2CCCC2)CC1. The van der Waals surface area contributed by atoms with Crippen molar-refractivity contribution in [3.05, 3.63) is 0 Å². The molecule has 0 spiro atoms. The van der Waals surface area contributed by atoms with E-state index < -0.39 is 5.97 Å². The first-order chi connectivity index (χ1) is 11.6. The number of carboxylic acid groups (broad SMARTS) is 1. The topological polar surface area (TPSA) is 95.5 Å². The van der Waals surface area contributed by atoms with E-state index in [0.29, 0.717) is 12.3 Å². The van der Waals surface area contributed by atoms with Gasteiger partial charge in [-0.25, -0.2) is 0 Å². The maximum atomic E-state index is 12.1. The Bertz CT molecular complexity index is 444. The van der Waals surface area contributed by atoms with Crippen molar-refractivity contribution in [1.82, 2.24) is 10.6 Å². The van der Waals surface area contributed by atoms with Gasteiger partial charge in [-0.05, 0) is 38.5 Å². The summed E-state index contributed by atoms with van der Waals surface area (Å²) in [5, 5.41) is 14.6. The Hall–Kier alpha value is -1.24. The van der Waals surface area contributed by atoms with Gasteiger partial charge < -0.3 is 15.7 Å². The maximum absolute atomic E-state index is 12.1. The van der Waals surface area contributed by atoms with Crippen molar-refractivity contribution < 1.29 is 19.5 Å². The van der Waals surface area contributed by atoms with Gasteiger partial charge in [-0.2, -0.15) is 0 Å². The van der Waals surface area contributed by atoms with Crippen LogP contribution in [-0.4, -0.2) is 47.0 Å². The second-order valence-corrected chi connectivity index (χ2v) is 7.88. The Morgan fingerprint density at radius 3 is 2.17 bits per heavy atom. The van der Waals surface area contributed by atoms with Crippen LogP contribution in [0, 0.1) is 11.8 Å². The molecular formula is C17H28N2O4S. The quantitative estimate of drug-likeness (QED) is 0.576. The van der Waals surface area contributed by atoms with Gasteiger partial charge in [0.25, 0.3) is 0 Å². The third-order valence-corrected chi connectivity index (χ3v) is 5.89. The monoisotopic (exact) mass is 356 g/mol. The van der Waals surface area contributed by atoms with E-state index in [1.54, 1.807) is 0 Å². The van der Waals surface area contributed by atoms with E-state index in [9.17, 15) is 14.4 Å². The van der Waals surface area contributed by atoms with Gasteiger partial charge in [-0.15, -0.1) is 11.8 Å². The fourth-order valence-corrected chi connectivity index (χ4v) is 4.12. The molecule has 2 aliphatic carbocycles. The third-order valence-electron chi connectivity index (χ3n) is 4.94. The van der Waals surface area contributed by atoms with E-state index in [4.69, 9.17) is 5.11 Å². The van der Waals surface area contributed by atoms with Crippen LogP contribution in [0.3, 0.4) is 0 Å². The van der Waals surface area contributed by atoms with Gasteiger partial charge in [0, 0.05) is 30.2 Å². The number of hydrogen-bond donors (Lipinski definition) is 3. The first kappa shape index (κ1) is 19.1. The Balaban J connectivity index is 1.58. The van der Waals surface area contributed by atoms with Gasteiger partial charge in [0.15, 0.2) is 0 Å². The van der Waals surface area contributed by atoms with E-state index in [0.717, 1.165) is 51.4 Å². The zero-order valence-electron chi connectivity index (χ0n) is 14.1. The highest BCUT2D eigenvalue weighted by atomic mass is 32.2. The molecular weight excluding hydrogens is 328 g/mol. The number of amides is 2. The zero-order valence-corrected chi connectivity index (χ0v) is 14.9. The van der Waals surface area contributed by atoms with Crippen molar-refractivity contribution in [3.8, 4) is 0 Å². The predicted octanol–water partition coefficient (Wildman–Crippen LogP) is 1.79. The summed E-state index contributed by atoms with van der Waals surface area (Å²) in [6.45, 7) is 0.509. The molecule has 0 aromatic carbocycles. The molecule has 6 nitrogen and oxygen atoms in total. The summed E-state index contributed by atoms with van der Waals surface area (Å²) in [7, 11) is 0. The van der Waals surface area contributed by atoms with Crippen molar-refractivity contribution in [2.75, 3.05) is 18.1 Å². The van der Waals surface area contributed by atoms with Crippen molar-refractivity contribution in [2.24, 2.45) is 11.8 Å². The normalized spacial score (nSPS) is 24.5. The molecule has 2 fully saturated rings. The molecule has 24 heavy (non-hydrogen) atoms. The first-order valence-corrected chi connectivity index (χ1v) is 10.1. The highest BCUT2D eigenvalue weighted by molar-refractivity contribution is 7.99. The Labute approximate surface area is 147 Å². The molecule has 0 radical (unpaired) electrons. The van der Waals surface area contributed by atoms with Gasteiger partial charge in [0.05, 0.1) is 5.75 Å². The second kappa shape index (κ2) is 9.91. The molecule has 0 atom stereocenters. The fraction of sp³-hybridized carbons (Fsp3) is 0.824. The Morgan fingerprint density at radius 1 is 0.917 bits per heavy atom. The summed E-state index contributed by atoms with van der Waals surface area (Å²) in [6, 6.07) is 0.216. The number of nitrogens with one attached hydrogen (secondary N) is 2. The zero-order chi connectivity index (χ0) is 17.4. The molecule has 7 heteroatoms. The maximum Gasteiger partial charge on any atom is 0.313 e. The molecule has 2 amide bonds. The van der Waals surface area contributed by atoms with Crippen LogP contribution in [0.4, 0.5) is 0 Å². The summed E-state index contributed by atoms with van der Waals surface area (Å²) in [6.07, 6.45) is 7.71. The fourth-order valence-electron chi connectivity index (χ4n) is 3.56. The van der Waals surface area contributed by atoms with Crippen LogP contribution in [0.1, 0.15) is 51.4 Å². The molecule has 2 aliphatic rings. The molecule has 0 saturated heterocycles. The van der Waals surface area contributed by atoms with Crippen molar-refractivity contribution in [2.45, 2.75) is 57.4 Å². The van der Waals surface area contributed by atoms with Crippen LogP contribution in [0.2, 0.25) is 0 Å². The summed E-state index contributed by atoms with van der Waals surface area (Å²) >= 11 is 1.31. The van der Waals surface area contributed by atoms with E-state index in [2.05, 4.69) is 10.6 Å². The van der Waals surface area contributed by atoms with E-state index in [1.165, 1.54) is 11.8 Å². The van der Waals surface area contributed by atoms with Gasteiger partial charge in [0.2, 0.25) is 11.8 Å². The number of aliphatic carboxylic acids is 1. The van der Waals surface area contributed by atoms with Crippen molar-refractivity contribution >= 4 is 29.5 Å². The molecule has 0 bridgehead atoms. The number of carboxylic acids is 1. The van der Waals surface area contributed by atoms with Crippen LogP contribution >= 0.6 is 11.8 Å². The van der Waals surface area contributed by atoms with Gasteiger partial charge in [-0.3, -0.25) is 14.4 Å². The van der Waals surface area contributed by atoms with Gasteiger partial charge >= 0.3 is 5.97 Å². The molecule has 0 aromatic heterocycles. The largest absolute Gasteiger partial charge is 0.481 e. The minimum atomic E-state index is -0.829. The lowest BCUT2D eigenvalue weighted by atomic mass is 9.85. The average molecular weight is 356 g/mol. The van der Waals surface area contributed by atoms with Gasteiger partial charge in [-0.1, -0.05) is 12.8 Å². The predicted molar refractivity (Wildman–Crippen MR) is 93.8 cm³/mol. The number of hydrogen-bond acceptors (Lipinski definition) is 4. The molecule has 0 aromatic rings. The van der Waals surface area contributed by atoms with Crippen molar-refractivity contribution in [1.29, 1.82) is 0 Å². The summed E-state index contributed by atoms with van der Waals surface area (Å²) in [5.74, 6) is 0.349. The highest BCUT2D eigenvalue weighted by Gasteiger charge is 2.29. The Morgan fingerprint density at radius 2 is 1.54 bits per heavy atom. The summed E-state index contributed by atoms with van der Waals surface area (Å²) in [4.78, 5) is 34.7. The second-order valence-electron chi connectivity index (χ2n) is 6.78. The van der Waals surface area contributed by atoms with Crippen molar-refractivity contribution in [3.63, 3.8) is 0 Å². The van der Waals surface area contributed by atoms with Crippen LogP contribution in [0.15, 0.2) is 0 Å². The molecule has 2 rings (SSSR count). The number of rotatable bonds is 8. The molecule has 3 N–H and O–H groups in total. The lowest BCUT2D eigenvalue weighted by Crippen LogP contribution is -2.42. The van der Waals surface area contributed by atoms with E-state index in [-0.39, 0.29) is 35.4 Å². The molecule has 136 valence electrons. The smallest absolute Gasteiger partial charge is 0.313 e. The molecule has 0 unspecified atom stereocenters. The lowest BCUT2D eigenvalue weighted by molar-refractivity contribution is -0.134. The first-order valence-electron chi connectivity index (χ1n) is 8.94. The minimum Gasteiger partial charge on any atom is -0.481 e. The average Bonchev–Trinajstić information content (AvgIpc) is 3.09. The van der Waals surface area contributed by atoms with Gasteiger partial charge in [0.1, 0.15) is 0 Å². The third kappa shape index (κ3) is 6.34. The number of carbonyl (C=O) groups excluding carboxylic acids is 2. The summed E-state index contributed by atoms with van der Waals surface area (Å²) in [5.41, 5.74) is 0. The minimum absolute atomic E-state index is 0.0223. The van der Waals surface area contributed by atoms with Crippen LogP contribution < -0.4 is 10.6 Å². The number of carbonyl (C=O) groups is 3. The summed E-state index contributed by atoms with van der Waals surface area (Å²) < 4.78 is 0. The van der Waals surface area contributed by atoms with E-state index >= 15 is 0 Å². The highest BCUT2D eigenvalue weighted by Crippen LogP contribution is 2.27. The van der Waals surface area contributed by atoms with Crippen LogP contribution in [0.25, 0.3) is 0 Å². The van der Waals surface area contributed by atoms with E-state index in [1.807, 2.05) is 0 Å². The molecule has 0 heterocycles. The molecule has 2 saturated carbocycles. The lowest BCUT2D eigenvalue weighted by Gasteiger charge is -2.29. The van der Waals surface area contributed by atoms with Crippen LogP contribution in [0.5, 0.6) is 0 Å². The van der Waals surface area contributed by atoms with Crippen LogP contribution in [-0.2, 0) is 14.4 Å². The number of thioether (sulfide) groups is 1. The molecule has 0 aliphatic heterocycles. The standard InChI is InChI=1S/C17H28N2O4S/c20-15(21)11-24-10-9-18-16(22)13-5-7-14(8-6-13)19-17(23)12-3-1-2-4-12/h12-14H,1-11H2,(H,18,22)(H,19,23)(H,20,21).